The molecule has 0 aliphatic heterocycles. The van der Waals surface area contributed by atoms with E-state index < -0.39 is 23.7 Å². The van der Waals surface area contributed by atoms with Crippen molar-refractivity contribution >= 4 is 12.1 Å². The van der Waals surface area contributed by atoms with Crippen LogP contribution in [0.15, 0.2) is 0 Å². The Morgan fingerprint density at radius 3 is 2.44 bits per heavy atom. The van der Waals surface area contributed by atoms with Gasteiger partial charge in [-0.15, -0.1) is 12.3 Å². The number of terminal acetylenes is 1. The monoisotopic (exact) mass is 227 g/mol. The van der Waals surface area contributed by atoms with Crippen molar-refractivity contribution in [3.05, 3.63) is 0 Å². The number of hydrogen-bond donors (Lipinski definition) is 2. The second-order valence-electron chi connectivity index (χ2n) is 4.28. The number of amides is 1. The Bertz CT molecular complexity index is 298. The van der Waals surface area contributed by atoms with Crippen LogP contribution in [-0.4, -0.2) is 28.8 Å². The molecule has 1 amide bonds. The van der Waals surface area contributed by atoms with Gasteiger partial charge in [0.2, 0.25) is 0 Å². The van der Waals surface area contributed by atoms with Gasteiger partial charge in [-0.25, -0.2) is 9.59 Å². The molecule has 5 nitrogen and oxygen atoms in total. The van der Waals surface area contributed by atoms with E-state index in [1.54, 1.807) is 20.8 Å². The highest BCUT2D eigenvalue weighted by Crippen LogP contribution is 2.07. The van der Waals surface area contributed by atoms with Gasteiger partial charge in [-0.1, -0.05) is 0 Å². The lowest BCUT2D eigenvalue weighted by molar-refractivity contribution is -0.139. The molecule has 0 rings (SSSR count). The molecule has 0 aromatic heterocycles. The zero-order valence-electron chi connectivity index (χ0n) is 9.74. The Kier molecular flexibility index (Phi) is 5.37. The third-order valence-electron chi connectivity index (χ3n) is 1.57. The van der Waals surface area contributed by atoms with Crippen molar-refractivity contribution < 1.29 is 19.4 Å². The summed E-state index contributed by atoms with van der Waals surface area (Å²) in [7, 11) is 0. The molecule has 0 heterocycles. The van der Waals surface area contributed by atoms with Crippen molar-refractivity contribution in [2.45, 2.75) is 45.3 Å². The maximum absolute atomic E-state index is 11.3. The normalized spacial score (nSPS) is 12.4. The molecular formula is C11H17NO4. The average Bonchev–Trinajstić information content (AvgIpc) is 2.08. The van der Waals surface area contributed by atoms with Crippen LogP contribution in [0.4, 0.5) is 4.79 Å². The standard InChI is InChI=1S/C11H17NO4/c1-5-6-7-8(9(13)14)12-10(15)16-11(2,3)4/h1,8H,6-7H2,2-4H3,(H,12,15)(H,13,14)/t8-/m1/s1. The number of ether oxygens (including phenoxy) is 1. The van der Waals surface area contributed by atoms with E-state index in [0.29, 0.717) is 0 Å². The second kappa shape index (κ2) is 6.01. The molecule has 5 heteroatoms. The van der Waals surface area contributed by atoms with Crippen LogP contribution in [0.3, 0.4) is 0 Å². The highest BCUT2D eigenvalue weighted by Gasteiger charge is 2.23. The lowest BCUT2D eigenvalue weighted by Crippen LogP contribution is -2.43. The first-order valence-corrected chi connectivity index (χ1v) is 4.92. The molecule has 0 radical (unpaired) electrons. The zero-order chi connectivity index (χ0) is 12.8. The number of aliphatic carboxylic acids is 1. The summed E-state index contributed by atoms with van der Waals surface area (Å²) in [5.41, 5.74) is -0.654. The van der Waals surface area contributed by atoms with E-state index in [0.717, 1.165) is 0 Å². The molecule has 0 spiro atoms. The third-order valence-corrected chi connectivity index (χ3v) is 1.57. The van der Waals surface area contributed by atoms with E-state index in [4.69, 9.17) is 16.3 Å². The number of carbonyl (C=O) groups excluding carboxylic acids is 1. The van der Waals surface area contributed by atoms with Crippen LogP contribution in [0.25, 0.3) is 0 Å². The summed E-state index contributed by atoms with van der Waals surface area (Å²) in [6.07, 6.45) is 4.74. The van der Waals surface area contributed by atoms with Gasteiger partial charge in [-0.05, 0) is 27.2 Å². The van der Waals surface area contributed by atoms with Gasteiger partial charge in [0, 0.05) is 6.42 Å². The molecule has 0 saturated heterocycles. The molecule has 16 heavy (non-hydrogen) atoms. The first-order chi connectivity index (χ1) is 7.26. The molecule has 90 valence electrons. The highest BCUT2D eigenvalue weighted by atomic mass is 16.6. The van der Waals surface area contributed by atoms with Crippen molar-refractivity contribution in [3.8, 4) is 12.3 Å². The Hall–Kier alpha value is -1.70. The number of carboxylic acid groups (broad SMARTS) is 1. The Morgan fingerprint density at radius 1 is 1.50 bits per heavy atom. The fourth-order valence-corrected chi connectivity index (χ4v) is 0.935. The van der Waals surface area contributed by atoms with Gasteiger partial charge < -0.3 is 15.2 Å². The van der Waals surface area contributed by atoms with Crippen LogP contribution in [0.5, 0.6) is 0 Å². The van der Waals surface area contributed by atoms with Crippen molar-refractivity contribution in [2.24, 2.45) is 0 Å². The minimum Gasteiger partial charge on any atom is -0.480 e. The van der Waals surface area contributed by atoms with Gasteiger partial charge >= 0.3 is 12.1 Å². The highest BCUT2D eigenvalue weighted by molar-refractivity contribution is 5.79. The quantitative estimate of drug-likeness (QED) is 0.711. The Balaban J connectivity index is 4.25. The number of carboxylic acids is 1. The molecule has 0 saturated carbocycles. The molecular weight excluding hydrogens is 210 g/mol. The molecule has 0 aromatic rings. The number of hydrogen-bond acceptors (Lipinski definition) is 3. The first-order valence-electron chi connectivity index (χ1n) is 4.92. The van der Waals surface area contributed by atoms with Gasteiger partial charge in [0.1, 0.15) is 11.6 Å². The van der Waals surface area contributed by atoms with Crippen LogP contribution in [0, 0.1) is 12.3 Å². The van der Waals surface area contributed by atoms with E-state index in [-0.39, 0.29) is 12.8 Å². The van der Waals surface area contributed by atoms with Gasteiger partial charge in [-0.3, -0.25) is 0 Å². The lowest BCUT2D eigenvalue weighted by atomic mass is 10.1. The summed E-state index contributed by atoms with van der Waals surface area (Å²) in [5, 5.41) is 11.1. The molecule has 0 aliphatic carbocycles. The molecule has 0 bridgehead atoms. The number of rotatable bonds is 4. The topological polar surface area (TPSA) is 75.6 Å². The van der Waals surface area contributed by atoms with Crippen LogP contribution >= 0.6 is 0 Å². The largest absolute Gasteiger partial charge is 0.480 e. The van der Waals surface area contributed by atoms with Crippen molar-refractivity contribution in [3.63, 3.8) is 0 Å². The second-order valence-corrected chi connectivity index (χ2v) is 4.28. The van der Waals surface area contributed by atoms with Crippen LogP contribution < -0.4 is 5.32 Å². The van der Waals surface area contributed by atoms with E-state index in [9.17, 15) is 9.59 Å². The predicted octanol–water partition coefficient (Wildman–Crippen LogP) is 1.38. The minimum atomic E-state index is -1.12. The molecule has 0 unspecified atom stereocenters. The van der Waals surface area contributed by atoms with Gasteiger partial charge in [0.05, 0.1) is 0 Å². The summed E-state index contributed by atoms with van der Waals surface area (Å²) < 4.78 is 4.93. The maximum atomic E-state index is 11.3. The third kappa shape index (κ3) is 6.71. The van der Waals surface area contributed by atoms with Gasteiger partial charge in [-0.2, -0.15) is 0 Å². The van der Waals surface area contributed by atoms with E-state index >= 15 is 0 Å². The number of nitrogens with one attached hydrogen (secondary N) is 1. The number of carbonyl (C=O) groups is 2. The Morgan fingerprint density at radius 2 is 2.06 bits per heavy atom. The molecule has 0 aromatic carbocycles. The summed E-state index contributed by atoms with van der Waals surface area (Å²) in [6, 6.07) is -1.01. The van der Waals surface area contributed by atoms with Crippen LogP contribution in [0.2, 0.25) is 0 Å². The molecule has 2 N–H and O–H groups in total. The summed E-state index contributed by atoms with van der Waals surface area (Å²) in [4.78, 5) is 22.1. The SMILES string of the molecule is C#CCC[C@@H](NC(=O)OC(C)(C)C)C(=O)O. The van der Waals surface area contributed by atoms with Crippen molar-refractivity contribution in [2.75, 3.05) is 0 Å². The van der Waals surface area contributed by atoms with Crippen LogP contribution in [-0.2, 0) is 9.53 Å². The summed E-state index contributed by atoms with van der Waals surface area (Å²) in [6.45, 7) is 5.09. The minimum absolute atomic E-state index is 0.186. The summed E-state index contributed by atoms with van der Waals surface area (Å²) in [5.74, 6) is 1.20. The fraction of sp³-hybridized carbons (Fsp3) is 0.636. The maximum Gasteiger partial charge on any atom is 0.408 e. The zero-order valence-corrected chi connectivity index (χ0v) is 9.74. The van der Waals surface area contributed by atoms with Crippen LogP contribution in [0.1, 0.15) is 33.6 Å². The fourth-order valence-electron chi connectivity index (χ4n) is 0.935. The number of alkyl carbamates (subject to hydrolysis) is 1. The predicted molar refractivity (Wildman–Crippen MR) is 58.9 cm³/mol. The molecule has 1 atom stereocenters. The van der Waals surface area contributed by atoms with Crippen molar-refractivity contribution in [1.82, 2.24) is 5.32 Å². The molecule has 0 fully saturated rings. The van der Waals surface area contributed by atoms with Crippen molar-refractivity contribution in [1.29, 1.82) is 0 Å². The lowest BCUT2D eigenvalue weighted by Gasteiger charge is -2.21. The smallest absolute Gasteiger partial charge is 0.408 e. The van der Waals surface area contributed by atoms with E-state index in [1.807, 2.05) is 0 Å². The van der Waals surface area contributed by atoms with E-state index in [1.165, 1.54) is 0 Å². The van der Waals surface area contributed by atoms with E-state index in [2.05, 4.69) is 11.2 Å². The van der Waals surface area contributed by atoms with Gasteiger partial charge in [0.15, 0.2) is 0 Å². The molecule has 0 aliphatic rings. The average molecular weight is 227 g/mol. The summed E-state index contributed by atoms with van der Waals surface area (Å²) >= 11 is 0. The Labute approximate surface area is 95.2 Å². The first kappa shape index (κ1) is 14.3. The van der Waals surface area contributed by atoms with Gasteiger partial charge in [0.25, 0.3) is 0 Å².